The third-order valence-corrected chi connectivity index (χ3v) is 17.8. The Balaban J connectivity index is -0.000000329. The standard InChI is InChI=1S/C15H19N2OP3.C15H17NO2.C14H17N2O2P3.C10H8FN.4C2H6.4CH3.4Y/c1-10-15-3-2-14(8-12(15)4-5-16-10)18-9-11-6-13(7-11)17-20-21-19;1-10-6-11(7-10)9-18-13-2-3-14-12(8-13)4-5-16-15(14)17;17-14-13-2-1-12(7-10(13)3-4-15-14)18-8-9-5-11(6-9)16-20-21-19;1-7-10-3-2-9(11)6-8(10)4-5-12-7;4*1-2;;;;;;;;/h2-5,8,11,13,21H,6-7,9,19H2,1H3;2-5,8,10-11H,6-7,9H2,1H3,(H,16,17);1-4,7,9,11,21H,5-6,8,19H2,(H,15,17);2-6H,1H3;4*1-2H3;4*1H3;;;;/q;;;;;;;;4*-1;;;;. The Morgan fingerprint density at radius 3 is 1.17 bits per heavy atom. The quantitative estimate of drug-likeness (QED) is 0.0864. The Kier molecular flexibility index (Phi) is 60.3. The number of halogens is 1. The third-order valence-electron chi connectivity index (χ3n) is 13.3. The number of rotatable bonds is 13. The van der Waals surface area contributed by atoms with Crippen LogP contribution in [-0.2, 0) is 131 Å². The maximum Gasteiger partial charge on any atom is 0.255 e. The van der Waals surface area contributed by atoms with Crippen molar-refractivity contribution in [3.63, 3.8) is 0 Å². The maximum atomic E-state index is 12.7. The number of H-pyrrole nitrogens is 2. The number of nitrogens with zero attached hydrogens (tertiary/aromatic N) is 4. The van der Waals surface area contributed by atoms with E-state index in [1.807, 2.05) is 142 Å². The molecule has 0 bridgehead atoms. The summed E-state index contributed by atoms with van der Waals surface area (Å²) in [6.45, 7) is 24.6. The summed E-state index contributed by atoms with van der Waals surface area (Å²) >= 11 is 0. The first-order valence-corrected chi connectivity index (χ1v) is 37.2. The molecule has 4 unspecified atom stereocenters. The van der Waals surface area contributed by atoms with E-state index in [-0.39, 0.29) is 177 Å². The van der Waals surface area contributed by atoms with Crippen LogP contribution in [0.15, 0.2) is 141 Å². The predicted molar refractivity (Wildman–Crippen MR) is 379 cm³/mol. The molecule has 4 aromatic carbocycles. The van der Waals surface area contributed by atoms with Gasteiger partial charge in [0.15, 0.2) is 0 Å². The van der Waals surface area contributed by atoms with E-state index in [0.29, 0.717) is 40.6 Å². The molecule has 3 fully saturated rings. The van der Waals surface area contributed by atoms with E-state index in [1.54, 1.807) is 24.7 Å². The van der Waals surface area contributed by atoms with Crippen LogP contribution in [0, 0.1) is 73.0 Å². The summed E-state index contributed by atoms with van der Waals surface area (Å²) in [6.07, 6.45) is 14.0. The van der Waals surface area contributed by atoms with Crippen molar-refractivity contribution < 1.29 is 149 Å². The van der Waals surface area contributed by atoms with Gasteiger partial charge in [0, 0.05) is 205 Å². The van der Waals surface area contributed by atoms with Crippen molar-refractivity contribution >= 4 is 93.0 Å². The van der Waals surface area contributed by atoms with Gasteiger partial charge in [0.25, 0.3) is 11.1 Å². The number of hydrogen-bond acceptors (Lipinski definition) is 9. The number of aromatic amines is 2. The fourth-order valence-corrected chi connectivity index (χ4v) is 12.6. The molecule has 8 aromatic rings. The normalized spacial score (nSPS) is 16.9. The number of hydrogen-bond donors (Lipinski definition) is 2. The van der Waals surface area contributed by atoms with Crippen LogP contribution in [0.25, 0.3) is 43.1 Å². The minimum atomic E-state index is -0.201. The second-order valence-corrected chi connectivity index (χ2v) is 27.5. The SMILES string of the molecule is CC.CC.CC.CC.CC1CC(COc2ccc3c(=O)[nH]ccc3c2)C1.Cc1nccc2cc(F)ccc12.Cc1nccc2cc(OCC3CC(N=PPP)C3)ccc12.O=c1[nH]ccc2cc(OCC3CC(N=PPP)C3)ccc12.[CH3-].[CH3-].[CH3-].[CH3-].[Y].[Y].[Y].[Y]. The fraction of sp³-hybridized carbons (Fsp3) is 0.394. The summed E-state index contributed by atoms with van der Waals surface area (Å²) in [5.74, 6) is 5.27. The second kappa shape index (κ2) is 55.0. The van der Waals surface area contributed by atoms with E-state index in [1.165, 1.54) is 64.7 Å². The van der Waals surface area contributed by atoms with Gasteiger partial charge in [-0.15, -0.1) is 17.9 Å². The van der Waals surface area contributed by atoms with Gasteiger partial charge in [-0.05, 0) is 211 Å². The van der Waals surface area contributed by atoms with E-state index < -0.39 is 0 Å². The third kappa shape index (κ3) is 32.0. The van der Waals surface area contributed by atoms with Crippen molar-refractivity contribution in [1.29, 1.82) is 0 Å². The summed E-state index contributed by atoms with van der Waals surface area (Å²) < 4.78 is 39.5. The van der Waals surface area contributed by atoms with E-state index in [0.717, 1.165) is 105 Å². The summed E-state index contributed by atoms with van der Waals surface area (Å²) in [7, 11) is 9.54. The number of aryl methyl sites for hydroxylation is 2. The first-order valence-electron chi connectivity index (χ1n) is 28.2. The van der Waals surface area contributed by atoms with Crippen LogP contribution in [0.5, 0.6) is 17.2 Å². The minimum Gasteiger partial charge on any atom is -0.493 e. The Bertz CT molecular complexity index is 3300. The van der Waals surface area contributed by atoms with Crippen LogP contribution in [0.1, 0.15) is 112 Å². The van der Waals surface area contributed by atoms with Crippen LogP contribution in [-0.4, -0.2) is 51.8 Å². The first kappa shape index (κ1) is 96.5. The molecule has 4 heterocycles. The molecule has 0 spiro atoms. The Morgan fingerprint density at radius 2 is 0.818 bits per heavy atom. The van der Waals surface area contributed by atoms with Crippen LogP contribution in [0.4, 0.5) is 4.39 Å². The molecular weight excluding hydrogens is 1520 g/mol. The van der Waals surface area contributed by atoms with Crippen molar-refractivity contribution in [3.8, 4) is 17.2 Å². The average molecular weight is 1620 g/mol. The van der Waals surface area contributed by atoms with Crippen molar-refractivity contribution in [2.45, 2.75) is 127 Å². The fourth-order valence-electron chi connectivity index (χ4n) is 9.16. The largest absolute Gasteiger partial charge is 0.493 e. The zero-order chi connectivity index (χ0) is 58.4. The molecule has 11 nitrogen and oxygen atoms in total. The number of pyridine rings is 4. The van der Waals surface area contributed by atoms with Gasteiger partial charge in [0.05, 0.1) is 31.9 Å². The van der Waals surface area contributed by atoms with E-state index in [2.05, 4.69) is 66.3 Å². The van der Waals surface area contributed by atoms with E-state index in [4.69, 9.17) is 14.2 Å². The van der Waals surface area contributed by atoms with Gasteiger partial charge in [-0.1, -0.05) is 62.3 Å². The molecule has 474 valence electrons. The molecule has 3 aliphatic rings. The van der Waals surface area contributed by atoms with Crippen molar-refractivity contribution in [1.82, 2.24) is 19.9 Å². The number of nitrogens with one attached hydrogen (secondary N) is 2. The Hall–Kier alpha value is -0.214. The van der Waals surface area contributed by atoms with Crippen LogP contribution in [0.2, 0.25) is 0 Å². The van der Waals surface area contributed by atoms with E-state index in [9.17, 15) is 14.0 Å². The number of ether oxygens (including phenoxy) is 3. The summed E-state index contributed by atoms with van der Waals surface area (Å²) in [4.78, 5) is 37.0. The van der Waals surface area contributed by atoms with Gasteiger partial charge >= 0.3 is 0 Å². The number of benzene rings is 4. The Morgan fingerprint density at radius 1 is 0.500 bits per heavy atom. The molecule has 11 rings (SSSR count). The molecule has 0 amide bonds. The molecule has 4 atom stereocenters. The molecule has 22 heteroatoms. The molecule has 0 saturated heterocycles. The van der Waals surface area contributed by atoms with Gasteiger partial charge in [-0.3, -0.25) is 29.0 Å². The van der Waals surface area contributed by atoms with Crippen molar-refractivity contribution in [2.75, 3.05) is 19.8 Å². The zero-order valence-corrected chi connectivity index (χ0v) is 72.4. The summed E-state index contributed by atoms with van der Waals surface area (Å²) in [5.41, 5.74) is 1.90. The number of fused-ring (bicyclic) bond motifs is 4. The average Bonchev–Trinajstić information content (AvgIpc) is 2.06. The molecule has 2 N–H and O–H groups in total. The summed E-state index contributed by atoms with van der Waals surface area (Å²) in [6, 6.07) is 31.0. The van der Waals surface area contributed by atoms with Crippen molar-refractivity contribution in [2.24, 2.45) is 33.2 Å². The Labute approximate surface area is 640 Å². The van der Waals surface area contributed by atoms with Gasteiger partial charge in [0.1, 0.15) is 23.1 Å². The van der Waals surface area contributed by atoms with E-state index >= 15 is 0 Å². The molecule has 4 radical (unpaired) electrons. The monoisotopic (exact) mass is 1610 g/mol. The first-order chi connectivity index (χ1) is 39.0. The summed E-state index contributed by atoms with van der Waals surface area (Å²) in [5, 5.41) is 7.57. The molecule has 3 aliphatic carbocycles. The predicted octanol–water partition coefficient (Wildman–Crippen LogP) is 20.9. The molecule has 0 aliphatic heterocycles. The molecule has 4 aromatic heterocycles. The molecule has 88 heavy (non-hydrogen) atoms. The zero-order valence-electron chi connectivity index (χ0n) is 54.9. The van der Waals surface area contributed by atoms with Crippen LogP contribution >= 0.6 is 49.9 Å². The van der Waals surface area contributed by atoms with Crippen molar-refractivity contribution in [3.05, 3.63) is 189 Å². The van der Waals surface area contributed by atoms with Gasteiger partial charge in [-0.2, -0.15) is 0 Å². The topological polar surface area (TPSA) is 144 Å². The van der Waals surface area contributed by atoms with Crippen LogP contribution < -0.4 is 25.3 Å². The van der Waals surface area contributed by atoms with Gasteiger partial charge in [0.2, 0.25) is 0 Å². The minimum absolute atomic E-state index is 0. The number of aromatic nitrogens is 4. The molecule has 3 saturated carbocycles. The molecular formula is C66H97FN6O5P6Y4-4. The second-order valence-electron chi connectivity index (χ2n) is 18.7. The van der Waals surface area contributed by atoms with Crippen LogP contribution in [0.3, 0.4) is 0 Å². The smallest absolute Gasteiger partial charge is 0.255 e. The van der Waals surface area contributed by atoms with Gasteiger partial charge in [-0.25, -0.2) is 4.39 Å². The van der Waals surface area contributed by atoms with Gasteiger partial charge < -0.3 is 53.9 Å². The maximum absolute atomic E-state index is 12.7.